The van der Waals surface area contributed by atoms with Crippen LogP contribution < -0.4 is 21.2 Å². The van der Waals surface area contributed by atoms with Gasteiger partial charge in [-0.3, -0.25) is 17.2 Å². The summed E-state index contributed by atoms with van der Waals surface area (Å²) in [6.07, 6.45) is 12.0. The van der Waals surface area contributed by atoms with Crippen LogP contribution in [0.3, 0.4) is 0 Å². The zero-order valence-electron chi connectivity index (χ0n) is 28.8. The van der Waals surface area contributed by atoms with E-state index in [0.717, 1.165) is 0 Å². The van der Waals surface area contributed by atoms with E-state index < -0.39 is 15.8 Å². The smallest absolute Gasteiger partial charge is 0.288 e. The van der Waals surface area contributed by atoms with Gasteiger partial charge in [0.05, 0.1) is 0 Å². The number of rotatable bonds is 7. The predicted octanol–water partition coefficient (Wildman–Crippen LogP) is 9.32. The number of hydrogen-bond donors (Lipinski definition) is 0. The Balaban J connectivity index is 0.000000762. The van der Waals surface area contributed by atoms with Crippen LogP contribution in [0.4, 0.5) is 0 Å². The molecule has 47 heavy (non-hydrogen) atoms. The van der Waals surface area contributed by atoms with Gasteiger partial charge in [-0.1, -0.05) is 132 Å². The van der Waals surface area contributed by atoms with Crippen molar-refractivity contribution in [1.29, 1.82) is 0 Å². The molecule has 2 aliphatic rings. The molecule has 4 aromatic rings. The maximum Gasteiger partial charge on any atom is 2.00 e. The molecule has 0 spiro atoms. The Hall–Kier alpha value is -3.40. The molecule has 0 saturated heterocycles. The first-order valence-corrected chi connectivity index (χ1v) is 18.4. The van der Waals surface area contributed by atoms with E-state index in [-0.39, 0.29) is 22.7 Å². The third-order valence-corrected chi connectivity index (χ3v) is 12.9. The number of allylic oxidation sites excluding steroid dienone is 5. The van der Waals surface area contributed by atoms with Gasteiger partial charge in [0.25, 0.3) is 0 Å². The number of benzene rings is 4. The molecular weight excluding hydrogens is 646 g/mol. The summed E-state index contributed by atoms with van der Waals surface area (Å²) in [5, 5.41) is 6.88. The fourth-order valence-corrected chi connectivity index (χ4v) is 12.3. The molecule has 0 nitrogen and oxygen atoms in total. The van der Waals surface area contributed by atoms with Gasteiger partial charge in [0, 0.05) is 0 Å². The first kappa shape index (κ1) is 36.4. The SMILES string of the molecule is Cc1cc(C)cc(P(C2=C=[C-][C]=C2[C@@H](C)P(c2cc(C)cc(C)c2)c2cc(C)cc(C)c2)c2cc(C)cc(C)c2)c1.[C]1=C=C=C=[C-]1.[Fe+2]. The first-order chi connectivity index (χ1) is 22.0. The summed E-state index contributed by atoms with van der Waals surface area (Å²) in [5.41, 5.74) is 23.1. The summed E-state index contributed by atoms with van der Waals surface area (Å²) in [5.74, 6) is 0. The Morgan fingerprint density at radius 2 is 0.894 bits per heavy atom. The van der Waals surface area contributed by atoms with E-state index >= 15 is 0 Å². The summed E-state index contributed by atoms with van der Waals surface area (Å²) in [6, 6.07) is 28.2. The Labute approximate surface area is 296 Å². The van der Waals surface area contributed by atoms with Crippen molar-refractivity contribution < 1.29 is 17.1 Å². The zero-order chi connectivity index (χ0) is 33.0. The topological polar surface area (TPSA) is 0 Å². The molecule has 0 saturated carbocycles. The van der Waals surface area contributed by atoms with Crippen molar-refractivity contribution >= 4 is 37.1 Å². The van der Waals surface area contributed by atoms with Gasteiger partial charge in [-0.2, -0.15) is 11.6 Å². The van der Waals surface area contributed by atoms with Crippen LogP contribution in [0.5, 0.6) is 0 Å². The predicted molar refractivity (Wildman–Crippen MR) is 200 cm³/mol. The van der Waals surface area contributed by atoms with Crippen molar-refractivity contribution in [2.75, 3.05) is 0 Å². The standard InChI is InChI=1S/C39H40P2.C5.Fe/c1-25-13-26(2)18-34(17-25)40(35-19-27(3)14-28(4)20-35)33(9)38-11-10-12-39(38)41(36-21-29(5)15-30(6)22-36)37-23-31(7)16-32(8)24-37;1-2-4-5-3-1;/h13-24,33H,1-9H3;;/q2*-1;+2/t33-;;/m1../s1. The van der Waals surface area contributed by atoms with Crippen LogP contribution in [0.15, 0.2) is 107 Å². The Bertz CT molecular complexity index is 1850. The normalized spacial score (nSPS) is 13.1. The molecule has 1 atom stereocenters. The summed E-state index contributed by atoms with van der Waals surface area (Å²) in [7, 11) is -1.51. The summed E-state index contributed by atoms with van der Waals surface area (Å²) in [6.45, 7) is 20.1. The van der Waals surface area contributed by atoms with Crippen LogP contribution in [-0.2, 0) is 17.1 Å². The van der Waals surface area contributed by atoms with E-state index in [1.807, 2.05) is 0 Å². The van der Waals surface area contributed by atoms with Gasteiger partial charge in [-0.25, -0.2) is 5.73 Å². The van der Waals surface area contributed by atoms with E-state index in [2.05, 4.69) is 182 Å². The Kier molecular flexibility index (Phi) is 12.5. The average molecular weight is 687 g/mol. The van der Waals surface area contributed by atoms with Gasteiger partial charge >= 0.3 is 17.1 Å². The van der Waals surface area contributed by atoms with E-state index in [0.29, 0.717) is 0 Å². The average Bonchev–Trinajstić information content (AvgIpc) is 3.68. The van der Waals surface area contributed by atoms with Gasteiger partial charge < -0.3 is 0 Å². The van der Waals surface area contributed by atoms with Crippen LogP contribution in [0, 0.1) is 79.7 Å². The molecule has 3 heteroatoms. The van der Waals surface area contributed by atoms with Gasteiger partial charge in [-0.15, -0.1) is 23.5 Å². The molecule has 2 radical (unpaired) electrons. The molecule has 234 valence electrons. The van der Waals surface area contributed by atoms with Gasteiger partial charge in [-0.05, 0) is 90.2 Å². The van der Waals surface area contributed by atoms with Crippen molar-refractivity contribution in [1.82, 2.24) is 0 Å². The van der Waals surface area contributed by atoms with Crippen molar-refractivity contribution in [3.63, 3.8) is 0 Å². The number of hydrogen-bond acceptors (Lipinski definition) is 0. The third-order valence-electron chi connectivity index (χ3n) is 7.87. The van der Waals surface area contributed by atoms with Crippen molar-refractivity contribution in [3.05, 3.63) is 175 Å². The molecule has 6 rings (SSSR count). The van der Waals surface area contributed by atoms with E-state index in [9.17, 15) is 0 Å². The molecule has 0 aromatic heterocycles. The zero-order valence-corrected chi connectivity index (χ0v) is 31.6. The van der Waals surface area contributed by atoms with Crippen molar-refractivity contribution in [2.45, 2.75) is 68.0 Å². The molecule has 0 N–H and O–H groups in total. The Morgan fingerprint density at radius 3 is 1.21 bits per heavy atom. The fraction of sp³-hybridized carbons (Fsp3) is 0.227. The van der Waals surface area contributed by atoms with E-state index in [1.54, 1.807) is 0 Å². The maximum absolute atomic E-state index is 3.62. The summed E-state index contributed by atoms with van der Waals surface area (Å²) >= 11 is 0. The maximum atomic E-state index is 3.62. The second-order valence-electron chi connectivity index (χ2n) is 12.5. The molecule has 0 bridgehead atoms. The quantitative estimate of drug-likeness (QED) is 0.0787. The van der Waals surface area contributed by atoms with Gasteiger partial charge in [0.1, 0.15) is 0 Å². The molecule has 4 aromatic carbocycles. The number of aryl methyl sites for hydroxylation is 8. The second kappa shape index (κ2) is 16.1. The largest absolute Gasteiger partial charge is 2.00 e. The minimum atomic E-state index is -0.822. The minimum Gasteiger partial charge on any atom is -0.288 e. The van der Waals surface area contributed by atoms with Crippen LogP contribution in [0.2, 0.25) is 0 Å². The van der Waals surface area contributed by atoms with Crippen LogP contribution >= 0.6 is 15.8 Å². The third kappa shape index (κ3) is 9.15. The monoisotopic (exact) mass is 686 g/mol. The molecule has 2 aliphatic carbocycles. The molecule has 0 fully saturated rings. The minimum absolute atomic E-state index is 0. The first-order valence-electron chi connectivity index (χ1n) is 15.7. The van der Waals surface area contributed by atoms with E-state index in [1.165, 1.54) is 76.6 Å². The fourth-order valence-electron chi connectivity index (χ4n) is 6.39. The summed E-state index contributed by atoms with van der Waals surface area (Å²) < 4.78 is 0. The van der Waals surface area contributed by atoms with Crippen molar-refractivity contribution in [3.8, 4) is 0 Å². The molecular formula is C44H40FeP2. The van der Waals surface area contributed by atoms with Crippen LogP contribution in [0.25, 0.3) is 0 Å². The van der Waals surface area contributed by atoms with Gasteiger partial charge in [0.15, 0.2) is 0 Å². The molecule has 0 unspecified atom stereocenters. The molecule has 0 amide bonds. The van der Waals surface area contributed by atoms with Crippen molar-refractivity contribution in [2.24, 2.45) is 0 Å². The Morgan fingerprint density at radius 1 is 0.511 bits per heavy atom. The summed E-state index contributed by atoms with van der Waals surface area (Å²) in [4.78, 5) is 0. The molecule has 0 aliphatic heterocycles. The van der Waals surface area contributed by atoms with Crippen LogP contribution in [0.1, 0.15) is 51.4 Å². The van der Waals surface area contributed by atoms with Crippen LogP contribution in [-0.4, -0.2) is 5.66 Å². The second-order valence-corrected chi connectivity index (χ2v) is 17.2. The van der Waals surface area contributed by atoms with Gasteiger partial charge in [0.2, 0.25) is 0 Å². The van der Waals surface area contributed by atoms with E-state index in [4.69, 9.17) is 0 Å². The molecule has 0 heterocycles.